The van der Waals surface area contributed by atoms with E-state index < -0.39 is 5.60 Å². The summed E-state index contributed by atoms with van der Waals surface area (Å²) in [6.45, 7) is 9.18. The van der Waals surface area contributed by atoms with Gasteiger partial charge in [-0.05, 0) is 32.7 Å². The second-order valence-corrected chi connectivity index (χ2v) is 4.91. The van der Waals surface area contributed by atoms with Gasteiger partial charge in [-0.15, -0.1) is 0 Å². The first-order valence-corrected chi connectivity index (χ1v) is 6.01. The monoisotopic (exact) mass is 217 g/mol. The van der Waals surface area contributed by atoms with Gasteiger partial charge < -0.3 is 15.5 Å². The third-order valence-electron chi connectivity index (χ3n) is 2.86. The lowest BCUT2D eigenvalue weighted by Crippen LogP contribution is -2.35. The molecule has 0 saturated heterocycles. The Hall–Kier alpha value is -0.120. The molecular formula is C12H27NO2. The minimum Gasteiger partial charge on any atom is -0.392 e. The fourth-order valence-electron chi connectivity index (χ4n) is 1.64. The lowest BCUT2D eigenvalue weighted by Gasteiger charge is -2.22. The van der Waals surface area contributed by atoms with E-state index in [0.29, 0.717) is 18.9 Å². The van der Waals surface area contributed by atoms with E-state index in [0.717, 1.165) is 19.4 Å². The van der Waals surface area contributed by atoms with Crippen LogP contribution in [0.4, 0.5) is 0 Å². The summed E-state index contributed by atoms with van der Waals surface area (Å²) in [5.41, 5.74) is -0.618. The van der Waals surface area contributed by atoms with Crippen molar-refractivity contribution in [2.75, 3.05) is 13.1 Å². The summed E-state index contributed by atoms with van der Waals surface area (Å²) >= 11 is 0. The van der Waals surface area contributed by atoms with Crippen LogP contribution in [0.3, 0.4) is 0 Å². The minimum absolute atomic E-state index is 0.262. The molecular weight excluding hydrogens is 190 g/mol. The highest BCUT2D eigenvalue weighted by molar-refractivity contribution is 4.71. The van der Waals surface area contributed by atoms with Gasteiger partial charge in [0.1, 0.15) is 0 Å². The minimum atomic E-state index is -0.618. The Kier molecular flexibility index (Phi) is 7.14. The van der Waals surface area contributed by atoms with Crippen molar-refractivity contribution in [1.29, 1.82) is 0 Å². The third-order valence-corrected chi connectivity index (χ3v) is 2.86. The molecule has 0 heterocycles. The van der Waals surface area contributed by atoms with Crippen molar-refractivity contribution in [3.8, 4) is 0 Å². The maximum absolute atomic E-state index is 9.81. The van der Waals surface area contributed by atoms with E-state index in [1.807, 2.05) is 0 Å². The maximum atomic E-state index is 9.81. The highest BCUT2D eigenvalue weighted by Gasteiger charge is 2.16. The Balaban J connectivity index is 3.58. The zero-order valence-electron chi connectivity index (χ0n) is 10.6. The summed E-state index contributed by atoms with van der Waals surface area (Å²) < 4.78 is 0. The van der Waals surface area contributed by atoms with Crippen LogP contribution >= 0.6 is 0 Å². The fraction of sp³-hybridized carbons (Fsp3) is 1.00. The molecule has 1 unspecified atom stereocenters. The number of aliphatic hydroxyl groups is 2. The predicted molar refractivity (Wildman–Crippen MR) is 63.9 cm³/mol. The predicted octanol–water partition coefficient (Wildman–Crippen LogP) is 1.53. The molecule has 0 bridgehead atoms. The van der Waals surface area contributed by atoms with Crippen molar-refractivity contribution in [3.05, 3.63) is 0 Å². The van der Waals surface area contributed by atoms with E-state index in [2.05, 4.69) is 19.2 Å². The number of rotatable bonds is 8. The van der Waals surface area contributed by atoms with Crippen LogP contribution in [-0.2, 0) is 0 Å². The van der Waals surface area contributed by atoms with E-state index in [4.69, 9.17) is 0 Å². The molecule has 3 N–H and O–H groups in total. The standard InChI is InChI=1S/C12H27NO2/c1-5-10(6-2)11(14)9-13-8-7-12(3,4)15/h10-11,13-15H,5-9H2,1-4H3. The zero-order chi connectivity index (χ0) is 11.9. The van der Waals surface area contributed by atoms with E-state index in [1.165, 1.54) is 0 Å². The molecule has 0 saturated carbocycles. The van der Waals surface area contributed by atoms with E-state index >= 15 is 0 Å². The molecule has 3 nitrogen and oxygen atoms in total. The van der Waals surface area contributed by atoms with Crippen LogP contribution in [0.5, 0.6) is 0 Å². The van der Waals surface area contributed by atoms with Gasteiger partial charge in [-0.3, -0.25) is 0 Å². The summed E-state index contributed by atoms with van der Waals surface area (Å²) in [7, 11) is 0. The van der Waals surface area contributed by atoms with Crippen LogP contribution < -0.4 is 5.32 Å². The molecule has 1 atom stereocenters. The highest BCUT2D eigenvalue weighted by Crippen LogP contribution is 2.12. The first-order chi connectivity index (χ1) is 6.90. The molecule has 0 amide bonds. The molecule has 0 aliphatic carbocycles. The van der Waals surface area contributed by atoms with Gasteiger partial charge in [0.25, 0.3) is 0 Å². The van der Waals surface area contributed by atoms with Gasteiger partial charge in [0.05, 0.1) is 11.7 Å². The quantitative estimate of drug-likeness (QED) is 0.541. The Morgan fingerprint density at radius 1 is 1.20 bits per heavy atom. The molecule has 0 radical (unpaired) electrons. The van der Waals surface area contributed by atoms with Crippen LogP contribution in [0.2, 0.25) is 0 Å². The van der Waals surface area contributed by atoms with Gasteiger partial charge in [-0.2, -0.15) is 0 Å². The first-order valence-electron chi connectivity index (χ1n) is 6.01. The fourth-order valence-corrected chi connectivity index (χ4v) is 1.64. The Morgan fingerprint density at radius 3 is 2.13 bits per heavy atom. The van der Waals surface area contributed by atoms with E-state index in [-0.39, 0.29) is 6.10 Å². The second kappa shape index (κ2) is 7.20. The SMILES string of the molecule is CCC(CC)C(O)CNCCC(C)(C)O. The normalized spacial score (nSPS) is 14.6. The average molecular weight is 217 g/mol. The third kappa shape index (κ3) is 7.77. The van der Waals surface area contributed by atoms with Gasteiger partial charge in [0.2, 0.25) is 0 Å². The molecule has 0 aliphatic rings. The summed E-state index contributed by atoms with van der Waals surface area (Å²) in [6.07, 6.45) is 2.49. The van der Waals surface area contributed by atoms with Crippen molar-refractivity contribution >= 4 is 0 Å². The van der Waals surface area contributed by atoms with Crippen molar-refractivity contribution in [3.63, 3.8) is 0 Å². The lowest BCUT2D eigenvalue weighted by atomic mass is 9.96. The van der Waals surface area contributed by atoms with Crippen molar-refractivity contribution in [2.24, 2.45) is 5.92 Å². The van der Waals surface area contributed by atoms with Gasteiger partial charge in [0.15, 0.2) is 0 Å². The van der Waals surface area contributed by atoms with E-state index in [9.17, 15) is 10.2 Å². The van der Waals surface area contributed by atoms with Gasteiger partial charge in [0, 0.05) is 6.54 Å². The largest absolute Gasteiger partial charge is 0.392 e. The molecule has 0 fully saturated rings. The molecule has 15 heavy (non-hydrogen) atoms. The summed E-state index contributed by atoms with van der Waals surface area (Å²) in [6, 6.07) is 0. The van der Waals surface area contributed by atoms with Crippen LogP contribution in [-0.4, -0.2) is 35.0 Å². The van der Waals surface area contributed by atoms with Crippen molar-refractivity contribution < 1.29 is 10.2 Å². The summed E-state index contributed by atoms with van der Waals surface area (Å²) in [5.74, 6) is 0.389. The number of hydrogen-bond donors (Lipinski definition) is 3. The van der Waals surface area contributed by atoms with Crippen molar-refractivity contribution in [2.45, 2.75) is 58.7 Å². The Bertz CT molecular complexity index is 150. The number of hydrogen-bond acceptors (Lipinski definition) is 3. The summed E-state index contributed by atoms with van der Waals surface area (Å²) in [4.78, 5) is 0. The van der Waals surface area contributed by atoms with Gasteiger partial charge in [-0.25, -0.2) is 0 Å². The molecule has 0 aliphatic heterocycles. The van der Waals surface area contributed by atoms with Crippen molar-refractivity contribution in [1.82, 2.24) is 5.32 Å². The van der Waals surface area contributed by atoms with Gasteiger partial charge >= 0.3 is 0 Å². The molecule has 0 aromatic rings. The number of nitrogens with one attached hydrogen (secondary N) is 1. The van der Waals surface area contributed by atoms with Gasteiger partial charge in [-0.1, -0.05) is 26.7 Å². The highest BCUT2D eigenvalue weighted by atomic mass is 16.3. The molecule has 0 rings (SSSR count). The summed E-state index contributed by atoms with van der Waals surface area (Å²) in [5, 5.41) is 22.5. The average Bonchev–Trinajstić information content (AvgIpc) is 2.13. The van der Waals surface area contributed by atoms with E-state index in [1.54, 1.807) is 13.8 Å². The Labute approximate surface area is 93.9 Å². The maximum Gasteiger partial charge on any atom is 0.0692 e. The second-order valence-electron chi connectivity index (χ2n) is 4.91. The smallest absolute Gasteiger partial charge is 0.0692 e. The van der Waals surface area contributed by atoms with Crippen LogP contribution in [0.15, 0.2) is 0 Å². The molecule has 0 aromatic carbocycles. The molecule has 0 spiro atoms. The topological polar surface area (TPSA) is 52.5 Å². The molecule has 92 valence electrons. The first kappa shape index (κ1) is 14.9. The number of aliphatic hydroxyl groups excluding tert-OH is 1. The molecule has 3 heteroatoms. The van der Waals surface area contributed by atoms with Crippen LogP contribution in [0, 0.1) is 5.92 Å². The molecule has 0 aromatic heterocycles. The lowest BCUT2D eigenvalue weighted by molar-refractivity contribution is 0.0661. The Morgan fingerprint density at radius 2 is 1.73 bits per heavy atom. The van der Waals surface area contributed by atoms with Crippen LogP contribution in [0.1, 0.15) is 47.0 Å². The zero-order valence-corrected chi connectivity index (χ0v) is 10.6. The van der Waals surface area contributed by atoms with Crippen LogP contribution in [0.25, 0.3) is 0 Å².